The van der Waals surface area contributed by atoms with Gasteiger partial charge in [0.2, 0.25) is 15.9 Å². The van der Waals surface area contributed by atoms with Crippen LogP contribution in [0.15, 0.2) is 47.5 Å². The number of methoxy groups -OCH3 is 1. The maximum Gasteiger partial charge on any atom is 0.240 e. The van der Waals surface area contributed by atoms with Gasteiger partial charge in [-0.25, -0.2) is 18.1 Å². The van der Waals surface area contributed by atoms with E-state index in [0.717, 1.165) is 5.56 Å². The van der Waals surface area contributed by atoms with E-state index in [2.05, 4.69) is 9.71 Å². The van der Waals surface area contributed by atoms with Crippen molar-refractivity contribution in [1.29, 1.82) is 0 Å². The van der Waals surface area contributed by atoms with Crippen molar-refractivity contribution < 1.29 is 18.3 Å². The molecule has 112 valence electrons. The second-order valence-corrected chi connectivity index (χ2v) is 6.10. The van der Waals surface area contributed by atoms with Crippen LogP contribution in [0.2, 0.25) is 0 Å². The van der Waals surface area contributed by atoms with Crippen LogP contribution >= 0.6 is 0 Å². The molecule has 21 heavy (non-hydrogen) atoms. The van der Waals surface area contributed by atoms with Gasteiger partial charge in [-0.1, -0.05) is 12.1 Å². The number of pyridine rings is 1. The van der Waals surface area contributed by atoms with Crippen LogP contribution in [0.25, 0.3) is 0 Å². The topological polar surface area (TPSA) is 88.5 Å². The van der Waals surface area contributed by atoms with E-state index < -0.39 is 10.0 Å². The summed E-state index contributed by atoms with van der Waals surface area (Å²) in [4.78, 5) is 4.11. The highest BCUT2D eigenvalue weighted by Gasteiger charge is 2.13. The Morgan fingerprint density at radius 2 is 1.90 bits per heavy atom. The summed E-state index contributed by atoms with van der Waals surface area (Å²) in [7, 11) is -2.10. The Hall–Kier alpha value is -1.96. The molecule has 0 atom stereocenters. The van der Waals surface area contributed by atoms with Crippen LogP contribution < -0.4 is 9.46 Å². The molecular formula is C14H16N2O4S. The standard InChI is InChI=1S/C14H16N2O4S/c1-20-14-8-12(6-7-15-14)9-16-21(18,19)13-4-2-11(10-17)3-5-13/h2-8,16-17H,9-10H2,1H3. The molecule has 1 aromatic heterocycles. The van der Waals surface area contributed by atoms with E-state index in [0.29, 0.717) is 11.4 Å². The summed E-state index contributed by atoms with van der Waals surface area (Å²) in [6, 6.07) is 9.44. The fourth-order valence-corrected chi connectivity index (χ4v) is 2.73. The van der Waals surface area contributed by atoms with Crippen LogP contribution in [0, 0.1) is 0 Å². The number of nitrogens with one attached hydrogen (secondary N) is 1. The number of aliphatic hydroxyl groups excluding tert-OH is 1. The molecule has 0 radical (unpaired) electrons. The molecule has 0 spiro atoms. The second-order valence-electron chi connectivity index (χ2n) is 4.33. The molecular weight excluding hydrogens is 292 g/mol. The Kier molecular flexibility index (Phi) is 4.89. The van der Waals surface area contributed by atoms with Gasteiger partial charge in [0.1, 0.15) is 0 Å². The molecule has 2 N–H and O–H groups in total. The minimum Gasteiger partial charge on any atom is -0.481 e. The third-order valence-corrected chi connectivity index (χ3v) is 4.31. The number of ether oxygens (including phenoxy) is 1. The Labute approximate surface area is 123 Å². The summed E-state index contributed by atoms with van der Waals surface area (Å²) in [5.74, 6) is 0.430. The van der Waals surface area contributed by atoms with Gasteiger partial charge in [-0.2, -0.15) is 0 Å². The number of aliphatic hydroxyl groups is 1. The minimum absolute atomic E-state index is 0.120. The monoisotopic (exact) mass is 308 g/mol. The van der Waals surface area contributed by atoms with Crippen molar-refractivity contribution in [2.24, 2.45) is 0 Å². The highest BCUT2D eigenvalue weighted by Crippen LogP contribution is 2.13. The van der Waals surface area contributed by atoms with Crippen LogP contribution in [0.4, 0.5) is 0 Å². The lowest BCUT2D eigenvalue weighted by molar-refractivity contribution is 0.282. The molecule has 0 amide bonds. The zero-order valence-corrected chi connectivity index (χ0v) is 12.3. The van der Waals surface area contributed by atoms with E-state index in [9.17, 15) is 8.42 Å². The Morgan fingerprint density at radius 3 is 2.52 bits per heavy atom. The summed E-state index contributed by atoms with van der Waals surface area (Å²) >= 11 is 0. The van der Waals surface area contributed by atoms with Crippen molar-refractivity contribution in [3.8, 4) is 5.88 Å². The molecule has 0 aliphatic carbocycles. The highest BCUT2D eigenvalue weighted by atomic mass is 32.2. The van der Waals surface area contributed by atoms with Gasteiger partial charge in [-0.05, 0) is 29.3 Å². The van der Waals surface area contributed by atoms with Crippen molar-refractivity contribution in [1.82, 2.24) is 9.71 Å². The maximum absolute atomic E-state index is 12.1. The summed E-state index contributed by atoms with van der Waals surface area (Å²) in [5.41, 5.74) is 1.41. The van der Waals surface area contributed by atoms with Crippen LogP contribution in [-0.4, -0.2) is 25.6 Å². The Morgan fingerprint density at radius 1 is 1.19 bits per heavy atom. The number of rotatable bonds is 6. The smallest absolute Gasteiger partial charge is 0.240 e. The molecule has 2 rings (SSSR count). The first-order valence-corrected chi connectivity index (χ1v) is 7.72. The molecule has 6 nitrogen and oxygen atoms in total. The number of hydrogen-bond acceptors (Lipinski definition) is 5. The molecule has 0 bridgehead atoms. The average molecular weight is 308 g/mol. The number of benzene rings is 1. The van der Waals surface area contributed by atoms with Crippen molar-refractivity contribution >= 4 is 10.0 Å². The van der Waals surface area contributed by atoms with Crippen LogP contribution in [-0.2, 0) is 23.2 Å². The van der Waals surface area contributed by atoms with Crippen molar-refractivity contribution in [3.63, 3.8) is 0 Å². The van der Waals surface area contributed by atoms with Crippen LogP contribution in [0.3, 0.4) is 0 Å². The number of aromatic nitrogens is 1. The van der Waals surface area contributed by atoms with Crippen LogP contribution in [0.5, 0.6) is 5.88 Å². The predicted molar refractivity (Wildman–Crippen MR) is 77.2 cm³/mol. The first kappa shape index (κ1) is 15.4. The SMILES string of the molecule is COc1cc(CNS(=O)(=O)c2ccc(CO)cc2)ccn1. The van der Waals surface area contributed by atoms with Crippen molar-refractivity contribution in [2.45, 2.75) is 18.0 Å². The average Bonchev–Trinajstić information content (AvgIpc) is 2.53. The van der Waals surface area contributed by atoms with Gasteiger partial charge in [0.15, 0.2) is 0 Å². The van der Waals surface area contributed by atoms with E-state index in [1.807, 2.05) is 0 Å². The van der Waals surface area contributed by atoms with Gasteiger partial charge >= 0.3 is 0 Å². The Balaban J connectivity index is 2.09. The van der Waals surface area contributed by atoms with Gasteiger partial charge in [0, 0.05) is 18.8 Å². The number of hydrogen-bond donors (Lipinski definition) is 2. The lowest BCUT2D eigenvalue weighted by atomic mass is 10.2. The van der Waals surface area contributed by atoms with Gasteiger partial charge in [-0.15, -0.1) is 0 Å². The molecule has 0 fully saturated rings. The van der Waals surface area contributed by atoms with Gasteiger partial charge in [-0.3, -0.25) is 0 Å². The maximum atomic E-state index is 12.1. The third kappa shape index (κ3) is 4.01. The zero-order chi connectivity index (χ0) is 15.3. The first-order valence-electron chi connectivity index (χ1n) is 6.23. The molecule has 0 unspecified atom stereocenters. The molecule has 0 saturated carbocycles. The quantitative estimate of drug-likeness (QED) is 0.833. The normalized spacial score (nSPS) is 11.3. The van der Waals surface area contributed by atoms with E-state index in [4.69, 9.17) is 9.84 Å². The number of sulfonamides is 1. The second kappa shape index (κ2) is 6.66. The first-order chi connectivity index (χ1) is 10.0. The van der Waals surface area contributed by atoms with Crippen LogP contribution in [0.1, 0.15) is 11.1 Å². The van der Waals surface area contributed by atoms with E-state index >= 15 is 0 Å². The summed E-state index contributed by atoms with van der Waals surface area (Å²) in [6.07, 6.45) is 1.55. The highest BCUT2D eigenvalue weighted by molar-refractivity contribution is 7.89. The van der Waals surface area contributed by atoms with Gasteiger partial charge in [0.25, 0.3) is 0 Å². The lowest BCUT2D eigenvalue weighted by Gasteiger charge is -2.08. The minimum atomic E-state index is -3.60. The summed E-state index contributed by atoms with van der Waals surface area (Å²) in [6.45, 7) is 0.0214. The Bertz CT molecular complexity index is 699. The molecule has 0 aliphatic heterocycles. The molecule has 2 aromatic rings. The number of nitrogens with zero attached hydrogens (tertiary/aromatic N) is 1. The molecule has 1 aromatic carbocycles. The fraction of sp³-hybridized carbons (Fsp3) is 0.214. The lowest BCUT2D eigenvalue weighted by Crippen LogP contribution is -2.23. The molecule has 0 saturated heterocycles. The predicted octanol–water partition coefficient (Wildman–Crippen LogP) is 1.06. The van der Waals surface area contributed by atoms with E-state index in [-0.39, 0.29) is 18.0 Å². The largest absolute Gasteiger partial charge is 0.481 e. The van der Waals surface area contributed by atoms with E-state index in [1.165, 1.54) is 19.2 Å². The van der Waals surface area contributed by atoms with Crippen molar-refractivity contribution in [3.05, 3.63) is 53.7 Å². The third-order valence-electron chi connectivity index (χ3n) is 2.89. The summed E-state index contributed by atoms with van der Waals surface area (Å²) in [5, 5.41) is 8.95. The summed E-state index contributed by atoms with van der Waals surface area (Å²) < 4.78 is 31.8. The molecule has 0 aliphatic rings. The zero-order valence-electron chi connectivity index (χ0n) is 11.5. The van der Waals surface area contributed by atoms with Crippen molar-refractivity contribution in [2.75, 3.05) is 7.11 Å². The van der Waals surface area contributed by atoms with E-state index in [1.54, 1.807) is 30.5 Å². The van der Waals surface area contributed by atoms with Gasteiger partial charge in [0.05, 0.1) is 18.6 Å². The van der Waals surface area contributed by atoms with Gasteiger partial charge < -0.3 is 9.84 Å². The molecule has 7 heteroatoms. The molecule has 1 heterocycles. The fourth-order valence-electron chi connectivity index (χ4n) is 1.71.